The lowest BCUT2D eigenvalue weighted by Crippen LogP contribution is -1.94. The van der Waals surface area contributed by atoms with Gasteiger partial charge in [-0.3, -0.25) is 0 Å². The quantitative estimate of drug-likeness (QED) is 0.146. The Hall–Kier alpha value is -8.58. The van der Waals surface area contributed by atoms with Crippen LogP contribution < -0.4 is 0 Å². The van der Waals surface area contributed by atoms with E-state index in [0.717, 1.165) is 0 Å². The largest absolute Gasteiger partial charge is 0.0622 e. The summed E-state index contributed by atoms with van der Waals surface area (Å²) in [6.07, 6.45) is 0. The van der Waals surface area contributed by atoms with Crippen LogP contribution in [0.25, 0.3) is 131 Å². The minimum atomic E-state index is 1.19. The van der Waals surface area contributed by atoms with Gasteiger partial charge in [0.2, 0.25) is 0 Å². The molecule has 0 bridgehead atoms. The first-order valence-corrected chi connectivity index (χ1v) is 22.9. The van der Waals surface area contributed by atoms with E-state index in [-0.39, 0.29) is 0 Å². The van der Waals surface area contributed by atoms with E-state index in [1.807, 2.05) is 0 Å². The lowest BCUT2D eigenvalue weighted by atomic mass is 9.82. The molecule has 0 amide bonds. The second kappa shape index (κ2) is 15.6. The predicted octanol–water partition coefficient (Wildman–Crippen LogP) is 18.6. The normalized spacial score (nSPS) is 11.6. The van der Waals surface area contributed by atoms with E-state index >= 15 is 0 Å². The minimum absolute atomic E-state index is 1.19. The van der Waals surface area contributed by atoms with E-state index in [1.165, 1.54) is 131 Å². The Kier molecular flexibility index (Phi) is 8.96. The van der Waals surface area contributed by atoms with Crippen LogP contribution in [0.2, 0.25) is 0 Å². The van der Waals surface area contributed by atoms with Crippen molar-refractivity contribution in [2.45, 2.75) is 0 Å². The highest BCUT2D eigenvalue weighted by Crippen LogP contribution is 2.49. The van der Waals surface area contributed by atoms with Crippen LogP contribution in [0.3, 0.4) is 0 Å². The third-order valence-electron chi connectivity index (χ3n) is 13.8. The van der Waals surface area contributed by atoms with Gasteiger partial charge in [-0.25, -0.2) is 0 Å². The van der Waals surface area contributed by atoms with Crippen molar-refractivity contribution in [2.24, 2.45) is 0 Å². The third kappa shape index (κ3) is 6.07. The van der Waals surface area contributed by atoms with Gasteiger partial charge < -0.3 is 0 Å². The molecule has 13 rings (SSSR count). The molecule has 0 saturated heterocycles. The number of hydrogen-bond acceptors (Lipinski definition) is 0. The summed E-state index contributed by atoms with van der Waals surface area (Å²) in [6, 6.07) is 94.2. The summed E-state index contributed by atoms with van der Waals surface area (Å²) in [5.41, 5.74) is 14.8. The number of rotatable bonds is 6. The molecule has 306 valence electrons. The van der Waals surface area contributed by atoms with Gasteiger partial charge in [0, 0.05) is 0 Å². The van der Waals surface area contributed by atoms with Crippen LogP contribution in [-0.2, 0) is 0 Å². The summed E-state index contributed by atoms with van der Waals surface area (Å²) in [5, 5.41) is 15.0. The number of benzene rings is 13. The Bertz CT molecular complexity index is 3910. The maximum atomic E-state index is 2.45. The van der Waals surface area contributed by atoms with E-state index in [0.29, 0.717) is 0 Å². The van der Waals surface area contributed by atoms with Crippen molar-refractivity contribution in [3.63, 3.8) is 0 Å². The zero-order chi connectivity index (χ0) is 43.6. The fourth-order valence-electron chi connectivity index (χ4n) is 11.0. The van der Waals surface area contributed by atoms with Crippen LogP contribution >= 0.6 is 0 Å². The van der Waals surface area contributed by atoms with Crippen molar-refractivity contribution < 1.29 is 0 Å². The van der Waals surface area contributed by atoms with Gasteiger partial charge in [-0.1, -0.05) is 243 Å². The maximum Gasteiger partial charge on any atom is -0.00201 e. The summed E-state index contributed by atoms with van der Waals surface area (Å²) in [7, 11) is 0. The number of hydrogen-bond donors (Lipinski definition) is 0. The number of fused-ring (bicyclic) bond motifs is 6. The first kappa shape index (κ1) is 37.9. The van der Waals surface area contributed by atoms with Crippen LogP contribution in [0.4, 0.5) is 0 Å². The molecule has 0 saturated carbocycles. The van der Waals surface area contributed by atoms with Gasteiger partial charge in [0.25, 0.3) is 0 Å². The molecular weight excluding hydrogens is 793 g/mol. The monoisotopic (exact) mass is 834 g/mol. The van der Waals surface area contributed by atoms with Crippen molar-refractivity contribution in [1.82, 2.24) is 0 Å². The topological polar surface area (TPSA) is 0 Å². The summed E-state index contributed by atoms with van der Waals surface area (Å²) in [5.74, 6) is 0. The molecule has 0 unspecified atom stereocenters. The molecule has 0 radical (unpaired) electrons. The average molecular weight is 835 g/mol. The van der Waals surface area contributed by atoms with Crippen LogP contribution in [-0.4, -0.2) is 0 Å². The van der Waals surface area contributed by atoms with Crippen molar-refractivity contribution in [1.29, 1.82) is 0 Å². The zero-order valence-electron chi connectivity index (χ0n) is 36.2. The van der Waals surface area contributed by atoms with Crippen LogP contribution in [0, 0.1) is 0 Å². The molecule has 66 heavy (non-hydrogen) atoms. The fraction of sp³-hybridized carbons (Fsp3) is 0. The molecule has 0 fully saturated rings. The third-order valence-corrected chi connectivity index (χ3v) is 13.8. The highest BCUT2D eigenvalue weighted by molar-refractivity contribution is 6.25. The molecule has 0 spiro atoms. The SMILES string of the molecule is c1ccc(-c2cc(-c3c4ccccc4c(-c4ccc5ccccc5c4)c4ccccc34)ccc2-c2ccc(-c3c4ccccc4c(-c4ccccc4)c4ccccc34)c3ccccc23)cc1. The van der Waals surface area contributed by atoms with E-state index in [4.69, 9.17) is 0 Å². The molecule has 0 atom stereocenters. The second-order valence-corrected chi connectivity index (χ2v) is 17.4. The first-order chi connectivity index (χ1) is 32.8. The average Bonchev–Trinajstić information content (AvgIpc) is 3.39. The molecule has 13 aromatic carbocycles. The lowest BCUT2D eigenvalue weighted by molar-refractivity contribution is 1.59. The Morgan fingerprint density at radius 3 is 1.03 bits per heavy atom. The summed E-state index contributed by atoms with van der Waals surface area (Å²) in [4.78, 5) is 0. The van der Waals surface area contributed by atoms with E-state index < -0.39 is 0 Å². The van der Waals surface area contributed by atoms with Gasteiger partial charge >= 0.3 is 0 Å². The molecule has 0 nitrogen and oxygen atoms in total. The van der Waals surface area contributed by atoms with Crippen molar-refractivity contribution in [3.05, 3.63) is 255 Å². The molecule has 0 aliphatic rings. The molecule has 0 aromatic heterocycles. The highest BCUT2D eigenvalue weighted by atomic mass is 14.2. The molecule has 13 aromatic rings. The van der Waals surface area contributed by atoms with E-state index in [9.17, 15) is 0 Å². The van der Waals surface area contributed by atoms with Gasteiger partial charge in [-0.05, 0) is 144 Å². The van der Waals surface area contributed by atoms with Crippen LogP contribution in [0.15, 0.2) is 255 Å². The molecule has 0 aliphatic carbocycles. The van der Waals surface area contributed by atoms with Crippen LogP contribution in [0.5, 0.6) is 0 Å². The standard InChI is InChI=1S/C66H42/c1-3-20-44(21-4-1)62-42-48(65-55-29-13-11-27-53(55)64(54-28-12-14-30-56(54)65)47-36-35-43-19-7-8-24-46(43)41-47)37-38-52(62)51-39-40-61(50-26-10-9-25-49(50)51)66-59-33-17-15-31-57(59)63(45-22-5-2-6-23-45)58-32-16-18-34-60(58)66/h1-42H. The summed E-state index contributed by atoms with van der Waals surface area (Å²) in [6.45, 7) is 0. The van der Waals surface area contributed by atoms with E-state index in [1.54, 1.807) is 0 Å². The Labute approximate surface area is 384 Å². The second-order valence-electron chi connectivity index (χ2n) is 17.4. The first-order valence-electron chi connectivity index (χ1n) is 22.9. The maximum absolute atomic E-state index is 2.45. The molecule has 0 heterocycles. The molecule has 0 aliphatic heterocycles. The molecular formula is C66H42. The van der Waals surface area contributed by atoms with Crippen LogP contribution in [0.1, 0.15) is 0 Å². The Morgan fingerprint density at radius 2 is 0.500 bits per heavy atom. The smallest absolute Gasteiger partial charge is 0.00201 e. The van der Waals surface area contributed by atoms with Crippen molar-refractivity contribution in [3.8, 4) is 66.8 Å². The van der Waals surface area contributed by atoms with Gasteiger partial charge in [-0.15, -0.1) is 0 Å². The predicted molar refractivity (Wildman–Crippen MR) is 284 cm³/mol. The minimum Gasteiger partial charge on any atom is -0.0622 e. The fourth-order valence-corrected chi connectivity index (χ4v) is 11.0. The van der Waals surface area contributed by atoms with E-state index in [2.05, 4.69) is 255 Å². The Morgan fingerprint density at radius 1 is 0.152 bits per heavy atom. The zero-order valence-corrected chi connectivity index (χ0v) is 36.2. The summed E-state index contributed by atoms with van der Waals surface area (Å²) >= 11 is 0. The van der Waals surface area contributed by atoms with Gasteiger partial charge in [-0.2, -0.15) is 0 Å². The van der Waals surface area contributed by atoms with Gasteiger partial charge in [0.15, 0.2) is 0 Å². The lowest BCUT2D eigenvalue weighted by Gasteiger charge is -2.21. The summed E-state index contributed by atoms with van der Waals surface area (Å²) < 4.78 is 0. The molecule has 0 N–H and O–H groups in total. The van der Waals surface area contributed by atoms with Gasteiger partial charge in [0.1, 0.15) is 0 Å². The highest BCUT2D eigenvalue weighted by Gasteiger charge is 2.22. The molecule has 0 heteroatoms. The Balaban J connectivity index is 1.04. The van der Waals surface area contributed by atoms with Crippen molar-refractivity contribution in [2.75, 3.05) is 0 Å². The van der Waals surface area contributed by atoms with Gasteiger partial charge in [0.05, 0.1) is 0 Å². The van der Waals surface area contributed by atoms with Crippen molar-refractivity contribution >= 4 is 64.6 Å².